The molecule has 1 amide bonds. The second-order valence-corrected chi connectivity index (χ2v) is 7.63. The van der Waals surface area contributed by atoms with Gasteiger partial charge in [-0.3, -0.25) is 4.79 Å². The van der Waals surface area contributed by atoms with Crippen LogP contribution in [0.15, 0.2) is 42.5 Å². The Labute approximate surface area is 168 Å². The lowest BCUT2D eigenvalue weighted by Gasteiger charge is -2.24. The van der Waals surface area contributed by atoms with Gasteiger partial charge in [0.05, 0.1) is 14.2 Å². The van der Waals surface area contributed by atoms with Gasteiger partial charge in [0, 0.05) is 13.1 Å². The van der Waals surface area contributed by atoms with E-state index >= 15 is 0 Å². The van der Waals surface area contributed by atoms with E-state index in [0.29, 0.717) is 24.6 Å². The van der Waals surface area contributed by atoms with E-state index in [4.69, 9.17) is 14.2 Å². The third kappa shape index (κ3) is 5.41. The van der Waals surface area contributed by atoms with Gasteiger partial charge in [-0.25, -0.2) is 0 Å². The Hall–Kier alpha value is -2.69. The first-order chi connectivity index (χ1) is 13.3. The number of methoxy groups -OCH3 is 2. The molecule has 0 unspecified atom stereocenters. The number of benzene rings is 2. The summed E-state index contributed by atoms with van der Waals surface area (Å²) in [5.41, 5.74) is 2.01. The van der Waals surface area contributed by atoms with E-state index in [-0.39, 0.29) is 17.9 Å². The number of ether oxygens (including phenoxy) is 3. The minimum absolute atomic E-state index is 0.00816. The molecule has 0 atom stereocenters. The molecule has 0 N–H and O–H groups in total. The van der Waals surface area contributed by atoms with Crippen LogP contribution in [0.25, 0.3) is 0 Å². The summed E-state index contributed by atoms with van der Waals surface area (Å²) in [5, 5.41) is 0. The Kier molecular flexibility index (Phi) is 7.32. The Bertz CT molecular complexity index is 795. The number of para-hydroxylation sites is 1. The second kappa shape index (κ2) is 9.49. The molecule has 0 fully saturated rings. The summed E-state index contributed by atoms with van der Waals surface area (Å²) in [6, 6.07) is 13.6. The van der Waals surface area contributed by atoms with Gasteiger partial charge < -0.3 is 19.1 Å². The third-order valence-corrected chi connectivity index (χ3v) is 4.60. The van der Waals surface area contributed by atoms with Crippen molar-refractivity contribution < 1.29 is 19.0 Å². The number of rotatable bonds is 8. The van der Waals surface area contributed by atoms with Crippen molar-refractivity contribution >= 4 is 5.91 Å². The molecule has 0 aliphatic carbocycles. The van der Waals surface area contributed by atoms with Gasteiger partial charge in [-0.05, 0) is 41.7 Å². The minimum Gasteiger partial charge on any atom is -0.493 e. The minimum atomic E-state index is -0.0546. The molecule has 0 saturated heterocycles. The standard InChI is InChI=1S/C23H31NO4/c1-7-24(15-17-12-13-20(26-5)21(14-17)27-6)22(25)16-28-19-11-9-8-10-18(19)23(2,3)4/h8-14H,7,15-16H2,1-6H3. The van der Waals surface area contributed by atoms with Crippen molar-refractivity contribution in [3.05, 3.63) is 53.6 Å². The Balaban J connectivity index is 2.07. The summed E-state index contributed by atoms with van der Waals surface area (Å²) < 4.78 is 16.5. The largest absolute Gasteiger partial charge is 0.493 e. The van der Waals surface area contributed by atoms with E-state index in [0.717, 1.165) is 16.9 Å². The van der Waals surface area contributed by atoms with Crippen LogP contribution in [0.3, 0.4) is 0 Å². The average molecular weight is 386 g/mol. The summed E-state index contributed by atoms with van der Waals surface area (Å²) in [4.78, 5) is 14.5. The number of hydrogen-bond acceptors (Lipinski definition) is 4. The Morgan fingerprint density at radius 3 is 2.25 bits per heavy atom. The van der Waals surface area contributed by atoms with Crippen LogP contribution in [0.4, 0.5) is 0 Å². The first kappa shape index (κ1) is 21.6. The van der Waals surface area contributed by atoms with Crippen molar-refractivity contribution in [2.24, 2.45) is 0 Å². The number of carbonyl (C=O) groups is 1. The fourth-order valence-electron chi connectivity index (χ4n) is 3.02. The molecule has 5 heteroatoms. The van der Waals surface area contributed by atoms with Gasteiger partial charge in [-0.1, -0.05) is 45.0 Å². The maximum absolute atomic E-state index is 12.7. The monoisotopic (exact) mass is 385 g/mol. The van der Waals surface area contributed by atoms with Crippen molar-refractivity contribution in [2.75, 3.05) is 27.4 Å². The molecular formula is C23H31NO4. The first-order valence-electron chi connectivity index (χ1n) is 9.51. The lowest BCUT2D eigenvalue weighted by Crippen LogP contribution is -2.34. The molecule has 5 nitrogen and oxygen atoms in total. The highest BCUT2D eigenvalue weighted by molar-refractivity contribution is 5.77. The zero-order chi connectivity index (χ0) is 20.7. The zero-order valence-corrected chi connectivity index (χ0v) is 17.7. The van der Waals surface area contributed by atoms with E-state index in [2.05, 4.69) is 20.8 Å². The highest BCUT2D eigenvalue weighted by Crippen LogP contribution is 2.31. The molecule has 0 heterocycles. The van der Waals surface area contributed by atoms with Gasteiger partial charge in [0.2, 0.25) is 0 Å². The highest BCUT2D eigenvalue weighted by atomic mass is 16.5. The van der Waals surface area contributed by atoms with Crippen molar-refractivity contribution in [2.45, 2.75) is 39.7 Å². The SMILES string of the molecule is CCN(Cc1ccc(OC)c(OC)c1)C(=O)COc1ccccc1C(C)(C)C. The molecule has 0 radical (unpaired) electrons. The Morgan fingerprint density at radius 2 is 1.64 bits per heavy atom. The molecule has 2 aromatic carbocycles. The van der Waals surface area contributed by atoms with Gasteiger partial charge >= 0.3 is 0 Å². The van der Waals surface area contributed by atoms with E-state index in [1.54, 1.807) is 19.1 Å². The molecule has 0 aliphatic heterocycles. The predicted molar refractivity (Wildman–Crippen MR) is 111 cm³/mol. The van der Waals surface area contributed by atoms with Crippen LogP contribution in [0, 0.1) is 0 Å². The lowest BCUT2D eigenvalue weighted by molar-refractivity contribution is -0.133. The molecule has 0 aromatic heterocycles. The normalized spacial score (nSPS) is 11.1. The van der Waals surface area contributed by atoms with Crippen LogP contribution in [0.2, 0.25) is 0 Å². The van der Waals surface area contributed by atoms with E-state index in [9.17, 15) is 4.79 Å². The van der Waals surface area contributed by atoms with Crippen molar-refractivity contribution in [3.8, 4) is 17.2 Å². The van der Waals surface area contributed by atoms with Crippen LogP contribution in [0.1, 0.15) is 38.8 Å². The summed E-state index contributed by atoms with van der Waals surface area (Å²) in [6.45, 7) is 9.44. The van der Waals surface area contributed by atoms with Crippen LogP contribution < -0.4 is 14.2 Å². The molecule has 0 spiro atoms. The van der Waals surface area contributed by atoms with Crippen LogP contribution >= 0.6 is 0 Å². The van der Waals surface area contributed by atoms with Crippen LogP contribution in [-0.2, 0) is 16.8 Å². The van der Waals surface area contributed by atoms with Gasteiger partial charge in [-0.15, -0.1) is 0 Å². The first-order valence-corrected chi connectivity index (χ1v) is 9.51. The Morgan fingerprint density at radius 1 is 0.964 bits per heavy atom. The molecule has 0 saturated carbocycles. The van der Waals surface area contributed by atoms with E-state index < -0.39 is 0 Å². The fourth-order valence-corrected chi connectivity index (χ4v) is 3.02. The second-order valence-electron chi connectivity index (χ2n) is 7.63. The predicted octanol–water partition coefficient (Wildman–Crippen LogP) is 4.43. The zero-order valence-electron chi connectivity index (χ0n) is 17.7. The van der Waals surface area contributed by atoms with Gasteiger partial charge in [0.15, 0.2) is 18.1 Å². The number of nitrogens with zero attached hydrogens (tertiary/aromatic N) is 1. The average Bonchev–Trinajstić information content (AvgIpc) is 2.69. The van der Waals surface area contributed by atoms with E-state index in [1.807, 2.05) is 49.4 Å². The van der Waals surface area contributed by atoms with Gasteiger partial charge in [-0.2, -0.15) is 0 Å². The van der Waals surface area contributed by atoms with Crippen molar-refractivity contribution in [3.63, 3.8) is 0 Å². The molecular weight excluding hydrogens is 354 g/mol. The molecule has 0 aliphatic rings. The number of likely N-dealkylation sites (N-methyl/N-ethyl adjacent to an activating group) is 1. The molecule has 28 heavy (non-hydrogen) atoms. The lowest BCUT2D eigenvalue weighted by atomic mass is 9.86. The van der Waals surface area contributed by atoms with Crippen LogP contribution in [-0.4, -0.2) is 38.2 Å². The third-order valence-electron chi connectivity index (χ3n) is 4.60. The van der Waals surface area contributed by atoms with E-state index in [1.165, 1.54) is 0 Å². The van der Waals surface area contributed by atoms with Gasteiger partial charge in [0.1, 0.15) is 5.75 Å². The summed E-state index contributed by atoms with van der Waals surface area (Å²) in [6.07, 6.45) is 0. The molecule has 2 rings (SSSR count). The number of hydrogen-bond donors (Lipinski definition) is 0. The maximum Gasteiger partial charge on any atom is 0.260 e. The smallest absolute Gasteiger partial charge is 0.260 e. The quantitative estimate of drug-likeness (QED) is 0.674. The van der Waals surface area contributed by atoms with Crippen LogP contribution in [0.5, 0.6) is 17.2 Å². The van der Waals surface area contributed by atoms with Crippen molar-refractivity contribution in [1.82, 2.24) is 4.90 Å². The topological polar surface area (TPSA) is 48.0 Å². The van der Waals surface area contributed by atoms with Crippen molar-refractivity contribution in [1.29, 1.82) is 0 Å². The molecule has 152 valence electrons. The van der Waals surface area contributed by atoms with Gasteiger partial charge in [0.25, 0.3) is 5.91 Å². The number of amides is 1. The molecule has 0 bridgehead atoms. The fraction of sp³-hybridized carbons (Fsp3) is 0.435. The number of carbonyl (C=O) groups excluding carboxylic acids is 1. The maximum atomic E-state index is 12.7. The summed E-state index contributed by atoms with van der Waals surface area (Å²) in [5.74, 6) is 2.02. The highest BCUT2D eigenvalue weighted by Gasteiger charge is 2.20. The molecule has 2 aromatic rings. The summed E-state index contributed by atoms with van der Waals surface area (Å²) in [7, 11) is 3.21. The summed E-state index contributed by atoms with van der Waals surface area (Å²) >= 11 is 0.